The van der Waals surface area contributed by atoms with Crippen LogP contribution in [-0.2, 0) is 16.6 Å². The summed E-state index contributed by atoms with van der Waals surface area (Å²) in [6, 6.07) is 6.96. The molecule has 20 heavy (non-hydrogen) atoms. The first-order valence-electron chi connectivity index (χ1n) is 7.26. The average Bonchev–Trinajstić information content (AvgIpc) is 2.93. The maximum absolute atomic E-state index is 12.7. The maximum Gasteiger partial charge on any atom is 0.243 e. The third-order valence-corrected chi connectivity index (χ3v) is 6.52. The molecule has 0 amide bonds. The van der Waals surface area contributed by atoms with E-state index in [4.69, 9.17) is 5.73 Å². The highest BCUT2D eigenvalue weighted by Crippen LogP contribution is 2.39. The first-order chi connectivity index (χ1) is 9.47. The van der Waals surface area contributed by atoms with E-state index in [1.54, 1.807) is 22.5 Å². The van der Waals surface area contributed by atoms with Crippen LogP contribution in [0.2, 0.25) is 0 Å². The molecule has 1 saturated heterocycles. The Kier molecular flexibility index (Phi) is 4.52. The van der Waals surface area contributed by atoms with Crippen LogP contribution >= 0.6 is 0 Å². The summed E-state index contributed by atoms with van der Waals surface area (Å²) in [6.45, 7) is 5.91. The van der Waals surface area contributed by atoms with Gasteiger partial charge in [0.2, 0.25) is 10.0 Å². The van der Waals surface area contributed by atoms with Crippen molar-refractivity contribution >= 4 is 10.0 Å². The van der Waals surface area contributed by atoms with Gasteiger partial charge in [-0.3, -0.25) is 0 Å². The highest BCUT2D eigenvalue weighted by molar-refractivity contribution is 7.89. The molecule has 0 saturated carbocycles. The van der Waals surface area contributed by atoms with Crippen LogP contribution in [0.3, 0.4) is 0 Å². The third-order valence-electron chi connectivity index (χ3n) is 4.68. The molecule has 1 aliphatic rings. The molecule has 1 aromatic rings. The molecular weight excluding hydrogens is 272 g/mol. The van der Waals surface area contributed by atoms with E-state index in [0.29, 0.717) is 24.5 Å². The molecule has 0 unspecified atom stereocenters. The lowest BCUT2D eigenvalue weighted by atomic mass is 9.82. The van der Waals surface area contributed by atoms with Gasteiger partial charge in [0.15, 0.2) is 0 Å². The summed E-state index contributed by atoms with van der Waals surface area (Å²) in [5.74, 6) is 0. The second-order valence-corrected chi connectivity index (χ2v) is 7.59. The largest absolute Gasteiger partial charge is 0.326 e. The maximum atomic E-state index is 12.7. The molecule has 1 aliphatic heterocycles. The quantitative estimate of drug-likeness (QED) is 0.907. The van der Waals surface area contributed by atoms with Gasteiger partial charge in [-0.1, -0.05) is 26.0 Å². The van der Waals surface area contributed by atoms with Crippen LogP contribution in [0.5, 0.6) is 0 Å². The fourth-order valence-electron chi connectivity index (χ4n) is 2.91. The molecule has 5 heteroatoms. The third kappa shape index (κ3) is 2.75. The van der Waals surface area contributed by atoms with Crippen molar-refractivity contribution in [3.63, 3.8) is 0 Å². The summed E-state index contributed by atoms with van der Waals surface area (Å²) >= 11 is 0. The van der Waals surface area contributed by atoms with Crippen LogP contribution < -0.4 is 5.73 Å². The number of hydrogen-bond acceptors (Lipinski definition) is 3. The summed E-state index contributed by atoms with van der Waals surface area (Å²) in [7, 11) is -3.38. The van der Waals surface area contributed by atoms with Gasteiger partial charge in [-0.15, -0.1) is 0 Å². The van der Waals surface area contributed by atoms with Crippen molar-refractivity contribution in [2.24, 2.45) is 11.1 Å². The van der Waals surface area contributed by atoms with Crippen LogP contribution in [0.15, 0.2) is 29.2 Å². The summed E-state index contributed by atoms with van der Waals surface area (Å²) in [6.07, 6.45) is 3.01. The molecule has 1 fully saturated rings. The zero-order chi connectivity index (χ0) is 14.8. The van der Waals surface area contributed by atoms with Gasteiger partial charge >= 0.3 is 0 Å². The normalized spacial score (nSPS) is 19.4. The Hall–Kier alpha value is -0.910. The summed E-state index contributed by atoms with van der Waals surface area (Å²) in [4.78, 5) is 0.364. The lowest BCUT2D eigenvalue weighted by Crippen LogP contribution is -2.32. The minimum absolute atomic E-state index is 0.151. The van der Waals surface area contributed by atoms with Gasteiger partial charge in [0.1, 0.15) is 0 Å². The van der Waals surface area contributed by atoms with Crippen molar-refractivity contribution in [3.8, 4) is 0 Å². The number of sulfonamides is 1. The van der Waals surface area contributed by atoms with E-state index < -0.39 is 10.0 Å². The van der Waals surface area contributed by atoms with Crippen molar-refractivity contribution in [1.29, 1.82) is 0 Å². The summed E-state index contributed by atoms with van der Waals surface area (Å²) in [5, 5.41) is 0. The molecule has 4 nitrogen and oxygen atoms in total. The molecule has 112 valence electrons. The SMILES string of the molecule is CCC1(CC)CCN(S(=O)(=O)c2cccc(CN)c2)C1. The second-order valence-electron chi connectivity index (χ2n) is 5.65. The lowest BCUT2D eigenvalue weighted by Gasteiger charge is -2.26. The van der Waals surface area contributed by atoms with Gasteiger partial charge < -0.3 is 5.73 Å². The fraction of sp³-hybridized carbons (Fsp3) is 0.600. The zero-order valence-electron chi connectivity index (χ0n) is 12.3. The predicted molar refractivity (Wildman–Crippen MR) is 80.7 cm³/mol. The van der Waals surface area contributed by atoms with Crippen molar-refractivity contribution in [2.75, 3.05) is 13.1 Å². The number of benzene rings is 1. The Bertz CT molecular complexity index is 565. The van der Waals surface area contributed by atoms with Crippen LogP contribution in [0, 0.1) is 5.41 Å². The lowest BCUT2D eigenvalue weighted by molar-refractivity contribution is 0.279. The molecule has 1 heterocycles. The monoisotopic (exact) mass is 296 g/mol. The van der Waals surface area contributed by atoms with Crippen LogP contribution in [0.25, 0.3) is 0 Å². The number of nitrogens with zero attached hydrogens (tertiary/aromatic N) is 1. The molecule has 0 aromatic heterocycles. The molecule has 0 aliphatic carbocycles. The van der Waals surface area contributed by atoms with Crippen molar-refractivity contribution in [1.82, 2.24) is 4.31 Å². The highest BCUT2D eigenvalue weighted by Gasteiger charge is 2.40. The first-order valence-corrected chi connectivity index (χ1v) is 8.70. The average molecular weight is 296 g/mol. The van der Waals surface area contributed by atoms with Crippen LogP contribution in [-0.4, -0.2) is 25.8 Å². The number of hydrogen-bond donors (Lipinski definition) is 1. The van der Waals surface area contributed by atoms with E-state index in [2.05, 4.69) is 13.8 Å². The van der Waals surface area contributed by atoms with Crippen LogP contribution in [0.4, 0.5) is 0 Å². The summed E-state index contributed by atoms with van der Waals surface area (Å²) in [5.41, 5.74) is 6.59. The van der Waals surface area contributed by atoms with Gasteiger partial charge in [-0.25, -0.2) is 8.42 Å². The van der Waals surface area contributed by atoms with Crippen molar-refractivity contribution in [2.45, 2.75) is 44.6 Å². The van der Waals surface area contributed by atoms with Gasteiger partial charge in [0.25, 0.3) is 0 Å². The molecule has 2 N–H and O–H groups in total. The highest BCUT2D eigenvalue weighted by atomic mass is 32.2. The molecule has 2 rings (SSSR count). The Balaban J connectivity index is 2.28. The molecule has 0 radical (unpaired) electrons. The predicted octanol–water partition coefficient (Wildman–Crippen LogP) is 2.35. The van der Waals surface area contributed by atoms with Gasteiger partial charge in [0.05, 0.1) is 4.90 Å². The van der Waals surface area contributed by atoms with E-state index in [1.807, 2.05) is 6.07 Å². The van der Waals surface area contributed by atoms with Crippen LogP contribution in [0.1, 0.15) is 38.7 Å². The Morgan fingerprint density at radius 3 is 2.55 bits per heavy atom. The van der Waals surface area contributed by atoms with Crippen molar-refractivity contribution in [3.05, 3.63) is 29.8 Å². The smallest absolute Gasteiger partial charge is 0.243 e. The zero-order valence-corrected chi connectivity index (χ0v) is 13.1. The van der Waals surface area contributed by atoms with E-state index in [0.717, 1.165) is 24.8 Å². The fourth-order valence-corrected chi connectivity index (χ4v) is 4.53. The van der Waals surface area contributed by atoms with E-state index in [-0.39, 0.29) is 5.41 Å². The first kappa shape index (κ1) is 15.5. The van der Waals surface area contributed by atoms with E-state index in [9.17, 15) is 8.42 Å². The van der Waals surface area contributed by atoms with E-state index >= 15 is 0 Å². The molecule has 0 bridgehead atoms. The Morgan fingerprint density at radius 1 is 1.30 bits per heavy atom. The number of rotatable bonds is 5. The van der Waals surface area contributed by atoms with Crippen molar-refractivity contribution < 1.29 is 8.42 Å². The second kappa shape index (κ2) is 5.84. The van der Waals surface area contributed by atoms with Gasteiger partial charge in [-0.2, -0.15) is 4.31 Å². The Morgan fingerprint density at radius 2 is 2.00 bits per heavy atom. The standard InChI is InChI=1S/C15H24N2O2S/c1-3-15(4-2)8-9-17(12-15)20(18,19)14-7-5-6-13(10-14)11-16/h5-7,10H,3-4,8-9,11-12,16H2,1-2H3. The molecule has 0 spiro atoms. The van der Waals surface area contributed by atoms with Gasteiger partial charge in [-0.05, 0) is 42.4 Å². The van der Waals surface area contributed by atoms with Gasteiger partial charge in [0, 0.05) is 19.6 Å². The number of nitrogens with two attached hydrogens (primary N) is 1. The van der Waals surface area contributed by atoms with E-state index in [1.165, 1.54) is 0 Å². The minimum Gasteiger partial charge on any atom is -0.326 e. The Labute approximate surface area is 122 Å². The molecular formula is C15H24N2O2S. The topological polar surface area (TPSA) is 63.4 Å². The molecule has 1 aromatic carbocycles. The minimum atomic E-state index is -3.38. The molecule has 0 atom stereocenters. The summed E-state index contributed by atoms with van der Waals surface area (Å²) < 4.78 is 27.0.